The molecule has 6 nitrogen and oxygen atoms in total. The first-order valence-corrected chi connectivity index (χ1v) is 10.1. The molecule has 2 aliphatic heterocycles. The Bertz CT molecular complexity index is 1050. The Morgan fingerprint density at radius 1 is 1.29 bits per heavy atom. The maximum atomic E-state index is 12.8. The van der Waals surface area contributed by atoms with Gasteiger partial charge in [-0.15, -0.1) is 0 Å². The Morgan fingerprint density at radius 2 is 2.07 bits per heavy atom. The van der Waals surface area contributed by atoms with E-state index in [-0.39, 0.29) is 11.8 Å². The molecule has 1 N–H and O–H groups in total. The number of hydrogen-bond donors (Lipinski definition) is 1. The quantitative estimate of drug-likeness (QED) is 0.603. The van der Waals surface area contributed by atoms with Crippen molar-refractivity contribution in [2.24, 2.45) is 0 Å². The fraction of sp³-hybridized carbons (Fsp3) is 0.444. The SMILES string of the molecule is COC1=CC=C2[C@H]3Cc4ccc(OS(=O)(=O)C(F)(F)F)c5c4[C@@]2(CCN3)[C@H]1O5. The van der Waals surface area contributed by atoms with Crippen molar-refractivity contribution in [2.45, 2.75) is 35.9 Å². The summed E-state index contributed by atoms with van der Waals surface area (Å²) in [6.45, 7) is 0.698. The third kappa shape index (κ3) is 2.10. The van der Waals surface area contributed by atoms with Gasteiger partial charge in [0.25, 0.3) is 0 Å². The summed E-state index contributed by atoms with van der Waals surface area (Å²) in [6, 6.07) is 2.93. The maximum absolute atomic E-state index is 12.8. The molecule has 5 rings (SSSR count). The van der Waals surface area contributed by atoms with E-state index in [0.29, 0.717) is 30.7 Å². The van der Waals surface area contributed by atoms with Crippen LogP contribution in [0.25, 0.3) is 0 Å². The summed E-state index contributed by atoms with van der Waals surface area (Å²) in [5.41, 5.74) is -3.44. The van der Waals surface area contributed by atoms with Crippen molar-refractivity contribution in [3.05, 3.63) is 46.7 Å². The van der Waals surface area contributed by atoms with Gasteiger partial charge in [0, 0.05) is 11.6 Å². The van der Waals surface area contributed by atoms with Gasteiger partial charge in [-0.05, 0) is 42.7 Å². The first kappa shape index (κ1) is 17.9. The van der Waals surface area contributed by atoms with Gasteiger partial charge in [0.15, 0.2) is 17.6 Å². The summed E-state index contributed by atoms with van der Waals surface area (Å²) >= 11 is 0. The number of alkyl halides is 3. The van der Waals surface area contributed by atoms with Gasteiger partial charge in [-0.25, -0.2) is 0 Å². The van der Waals surface area contributed by atoms with Crippen LogP contribution in [0, 0.1) is 0 Å². The summed E-state index contributed by atoms with van der Waals surface area (Å²) in [5.74, 6) is 0.135. The van der Waals surface area contributed by atoms with Crippen LogP contribution in [0.4, 0.5) is 13.2 Å². The Kier molecular flexibility index (Phi) is 3.47. The molecule has 0 unspecified atom stereocenters. The van der Waals surface area contributed by atoms with E-state index in [4.69, 9.17) is 9.47 Å². The summed E-state index contributed by atoms with van der Waals surface area (Å²) in [7, 11) is -4.31. The lowest BCUT2D eigenvalue weighted by molar-refractivity contribution is -0.0500. The Labute approximate surface area is 159 Å². The number of rotatable bonds is 3. The number of methoxy groups -OCH3 is 1. The fourth-order valence-electron chi connectivity index (χ4n) is 4.92. The highest BCUT2D eigenvalue weighted by Gasteiger charge is 2.61. The average Bonchev–Trinajstić information content (AvgIpc) is 2.96. The monoisotopic (exact) mass is 415 g/mol. The van der Waals surface area contributed by atoms with E-state index >= 15 is 0 Å². The maximum Gasteiger partial charge on any atom is 0.534 e. The average molecular weight is 415 g/mol. The predicted molar refractivity (Wildman–Crippen MR) is 91.4 cm³/mol. The van der Waals surface area contributed by atoms with Crippen molar-refractivity contribution in [1.29, 1.82) is 0 Å². The summed E-state index contributed by atoms with van der Waals surface area (Å²) < 4.78 is 77.6. The number of nitrogens with one attached hydrogen (secondary N) is 1. The van der Waals surface area contributed by atoms with Crippen LogP contribution in [0.1, 0.15) is 17.5 Å². The number of halogens is 3. The predicted octanol–water partition coefficient (Wildman–Crippen LogP) is 2.30. The molecule has 0 radical (unpaired) electrons. The highest BCUT2D eigenvalue weighted by atomic mass is 32.2. The Balaban J connectivity index is 1.71. The molecule has 1 saturated heterocycles. The number of benzene rings is 1. The van der Waals surface area contributed by atoms with Crippen LogP contribution >= 0.6 is 0 Å². The van der Waals surface area contributed by atoms with Crippen LogP contribution in [0.15, 0.2) is 35.6 Å². The van der Waals surface area contributed by atoms with E-state index < -0.39 is 32.9 Å². The lowest BCUT2D eigenvalue weighted by atomic mass is 9.58. The first-order chi connectivity index (χ1) is 13.2. The van der Waals surface area contributed by atoms with E-state index in [9.17, 15) is 21.6 Å². The molecule has 1 fully saturated rings. The summed E-state index contributed by atoms with van der Waals surface area (Å²) in [5, 5.41) is 3.46. The van der Waals surface area contributed by atoms with Crippen molar-refractivity contribution >= 4 is 10.1 Å². The van der Waals surface area contributed by atoms with E-state index in [1.807, 2.05) is 6.08 Å². The van der Waals surface area contributed by atoms with Gasteiger partial charge < -0.3 is 19.0 Å². The lowest BCUT2D eigenvalue weighted by Gasteiger charge is -2.49. The number of allylic oxidation sites excluding steroid dienone is 2. The highest BCUT2D eigenvalue weighted by Crippen LogP contribution is 2.61. The lowest BCUT2D eigenvalue weighted by Crippen LogP contribution is -2.58. The van der Waals surface area contributed by atoms with Crippen LogP contribution in [-0.2, 0) is 26.7 Å². The van der Waals surface area contributed by atoms with Gasteiger partial charge in [0.2, 0.25) is 0 Å². The van der Waals surface area contributed by atoms with E-state index in [1.165, 1.54) is 13.2 Å². The second-order valence-electron chi connectivity index (χ2n) is 7.24. The highest BCUT2D eigenvalue weighted by molar-refractivity contribution is 7.88. The number of ether oxygens (including phenoxy) is 2. The molecule has 28 heavy (non-hydrogen) atoms. The normalized spacial score (nSPS) is 30.0. The zero-order valence-corrected chi connectivity index (χ0v) is 15.5. The van der Waals surface area contributed by atoms with Gasteiger partial charge in [-0.1, -0.05) is 12.1 Å². The molecule has 1 spiro atoms. The Morgan fingerprint density at radius 3 is 2.79 bits per heavy atom. The molecule has 2 heterocycles. The van der Waals surface area contributed by atoms with Gasteiger partial charge in [-0.2, -0.15) is 21.6 Å². The van der Waals surface area contributed by atoms with Crippen molar-refractivity contribution in [3.63, 3.8) is 0 Å². The third-order valence-corrected chi connectivity index (χ3v) is 6.93. The molecular weight excluding hydrogens is 399 g/mol. The summed E-state index contributed by atoms with van der Waals surface area (Å²) in [6.07, 6.45) is 4.47. The van der Waals surface area contributed by atoms with E-state index in [2.05, 4.69) is 9.50 Å². The van der Waals surface area contributed by atoms with Crippen molar-refractivity contribution in [1.82, 2.24) is 5.32 Å². The van der Waals surface area contributed by atoms with Crippen LogP contribution in [0.5, 0.6) is 11.5 Å². The molecular formula is C18H16F3NO5S. The molecule has 2 bridgehead atoms. The van der Waals surface area contributed by atoms with Crippen molar-refractivity contribution < 1.29 is 35.2 Å². The minimum absolute atomic E-state index is 0.0476. The Hall–Kier alpha value is -2.20. The smallest absolute Gasteiger partial charge is 0.497 e. The molecule has 0 saturated carbocycles. The van der Waals surface area contributed by atoms with Crippen LogP contribution < -0.4 is 14.2 Å². The fourth-order valence-corrected chi connectivity index (χ4v) is 5.39. The van der Waals surface area contributed by atoms with Crippen LogP contribution in [0.3, 0.4) is 0 Å². The van der Waals surface area contributed by atoms with Crippen molar-refractivity contribution in [3.8, 4) is 11.5 Å². The van der Waals surface area contributed by atoms with Gasteiger partial charge in [0.1, 0.15) is 5.76 Å². The topological polar surface area (TPSA) is 73.9 Å². The van der Waals surface area contributed by atoms with Crippen LogP contribution in [0.2, 0.25) is 0 Å². The minimum atomic E-state index is -5.81. The van der Waals surface area contributed by atoms with E-state index in [1.54, 1.807) is 12.1 Å². The summed E-state index contributed by atoms with van der Waals surface area (Å²) in [4.78, 5) is 0. The van der Waals surface area contributed by atoms with Crippen molar-refractivity contribution in [2.75, 3.05) is 13.7 Å². The zero-order chi connectivity index (χ0) is 19.9. The molecule has 3 atom stereocenters. The number of hydrogen-bond acceptors (Lipinski definition) is 6. The van der Waals surface area contributed by atoms with Gasteiger partial charge >= 0.3 is 15.6 Å². The van der Waals surface area contributed by atoms with Gasteiger partial charge in [-0.3, -0.25) is 0 Å². The molecule has 150 valence electrons. The second kappa shape index (κ2) is 5.44. The van der Waals surface area contributed by atoms with Crippen LogP contribution in [-0.4, -0.2) is 39.7 Å². The molecule has 1 aromatic rings. The minimum Gasteiger partial charge on any atom is -0.497 e. The molecule has 1 aromatic carbocycles. The molecule has 0 aromatic heterocycles. The third-order valence-electron chi connectivity index (χ3n) is 5.97. The van der Waals surface area contributed by atoms with E-state index in [0.717, 1.165) is 11.1 Å². The zero-order valence-electron chi connectivity index (χ0n) is 14.7. The molecule has 0 amide bonds. The molecule has 4 aliphatic rings. The first-order valence-electron chi connectivity index (χ1n) is 8.72. The largest absolute Gasteiger partial charge is 0.534 e. The van der Waals surface area contributed by atoms with Gasteiger partial charge in [0.05, 0.1) is 12.5 Å². The standard InChI is InChI=1S/C18H16F3NO5S/c1-25-13-5-3-10-11-8-9-2-4-12(27-28(23,24)18(19,20)21)15-14(9)17(10,6-7-22-11)16(13)26-15/h2-5,11,16,22H,6-8H2,1H3/t11-,16+,17+/m1/s1. The second-order valence-corrected chi connectivity index (χ2v) is 8.77. The molecule has 2 aliphatic carbocycles. The molecule has 10 heteroatoms. The number of piperidine rings is 1.